The van der Waals surface area contributed by atoms with Crippen molar-refractivity contribution in [1.29, 1.82) is 0 Å². The van der Waals surface area contributed by atoms with Crippen LogP contribution >= 0.6 is 11.8 Å². The fourth-order valence-corrected chi connectivity index (χ4v) is 4.23. The van der Waals surface area contributed by atoms with Crippen LogP contribution in [0.4, 0.5) is 0 Å². The van der Waals surface area contributed by atoms with Gasteiger partial charge in [-0.2, -0.15) is 0 Å². The first-order valence-electron chi connectivity index (χ1n) is 8.80. The Balaban J connectivity index is 1.72. The van der Waals surface area contributed by atoms with Crippen molar-refractivity contribution in [2.75, 3.05) is 18.7 Å². The summed E-state index contributed by atoms with van der Waals surface area (Å²) in [5, 5.41) is 8.84. The van der Waals surface area contributed by atoms with E-state index < -0.39 is 0 Å². The minimum Gasteiger partial charge on any atom is -0.496 e. The number of nitrogens with two attached hydrogens (primary N) is 1. The first-order chi connectivity index (χ1) is 12.5. The summed E-state index contributed by atoms with van der Waals surface area (Å²) in [4.78, 5) is 14.7. The number of carbonyl (C=O) groups excluding carboxylic acids is 1. The van der Waals surface area contributed by atoms with Crippen molar-refractivity contribution in [1.82, 2.24) is 19.8 Å². The van der Waals surface area contributed by atoms with Crippen molar-refractivity contribution >= 4 is 17.7 Å². The van der Waals surface area contributed by atoms with Crippen molar-refractivity contribution in [3.8, 4) is 17.1 Å². The van der Waals surface area contributed by atoms with Gasteiger partial charge in [-0.25, -0.2) is 4.68 Å². The van der Waals surface area contributed by atoms with Crippen LogP contribution in [0.2, 0.25) is 0 Å². The number of rotatable bonds is 5. The van der Waals surface area contributed by atoms with Crippen LogP contribution in [0.25, 0.3) is 11.4 Å². The molecule has 2 atom stereocenters. The van der Waals surface area contributed by atoms with E-state index in [9.17, 15) is 4.79 Å². The maximum atomic E-state index is 12.7. The lowest BCUT2D eigenvalue weighted by Crippen LogP contribution is -2.48. The van der Waals surface area contributed by atoms with Gasteiger partial charge in [0, 0.05) is 12.1 Å². The van der Waals surface area contributed by atoms with E-state index >= 15 is 0 Å². The second-order valence-corrected chi connectivity index (χ2v) is 7.54. The summed E-state index contributed by atoms with van der Waals surface area (Å²) in [5.41, 5.74) is 0.765. The largest absolute Gasteiger partial charge is 0.496 e. The van der Waals surface area contributed by atoms with Gasteiger partial charge in [-0.1, -0.05) is 23.9 Å². The second kappa shape index (κ2) is 7.99. The number of para-hydroxylation sites is 1. The van der Waals surface area contributed by atoms with Crippen LogP contribution < -0.4 is 10.6 Å². The highest BCUT2D eigenvalue weighted by Crippen LogP contribution is 2.30. The fraction of sp³-hybridized carbons (Fsp3) is 0.500. The van der Waals surface area contributed by atoms with E-state index in [1.807, 2.05) is 29.2 Å². The summed E-state index contributed by atoms with van der Waals surface area (Å²) >= 11 is 1.31. The van der Waals surface area contributed by atoms with Crippen LogP contribution in [0.15, 0.2) is 29.4 Å². The average Bonchev–Trinajstić information content (AvgIpc) is 3.00. The SMILES string of the molecule is COc1ccccc1-c1nnc(SCC(=O)N2[C@H](C)CCC[C@@H]2C)n1N. The minimum absolute atomic E-state index is 0.122. The van der Waals surface area contributed by atoms with Crippen molar-refractivity contribution in [3.05, 3.63) is 24.3 Å². The van der Waals surface area contributed by atoms with E-state index in [1.54, 1.807) is 7.11 Å². The molecule has 7 nitrogen and oxygen atoms in total. The standard InChI is InChI=1S/C18H25N5O2S/c1-12-7-6-8-13(2)22(12)16(24)11-26-18-21-20-17(23(18)19)14-9-4-5-10-15(14)25-3/h4-5,9-10,12-13H,6-8,11,19H2,1-3H3/t12-,13+. The van der Waals surface area contributed by atoms with Gasteiger partial charge >= 0.3 is 0 Å². The van der Waals surface area contributed by atoms with Crippen LogP contribution in [0.3, 0.4) is 0 Å². The van der Waals surface area contributed by atoms with Crippen LogP contribution in [0, 0.1) is 0 Å². The van der Waals surface area contributed by atoms with Gasteiger partial charge in [0.15, 0.2) is 5.82 Å². The lowest BCUT2D eigenvalue weighted by molar-refractivity contribution is -0.134. The van der Waals surface area contributed by atoms with Crippen LogP contribution in [-0.4, -0.2) is 50.6 Å². The number of carbonyl (C=O) groups is 1. The maximum Gasteiger partial charge on any atom is 0.233 e. The van der Waals surface area contributed by atoms with Gasteiger partial charge in [0.1, 0.15) is 5.75 Å². The molecule has 140 valence electrons. The molecule has 0 spiro atoms. The highest BCUT2D eigenvalue weighted by atomic mass is 32.2. The Morgan fingerprint density at radius 1 is 1.27 bits per heavy atom. The van der Waals surface area contributed by atoms with E-state index in [2.05, 4.69) is 24.0 Å². The number of nitrogens with zero attached hydrogens (tertiary/aromatic N) is 4. The van der Waals surface area contributed by atoms with Crippen molar-refractivity contribution in [3.63, 3.8) is 0 Å². The highest BCUT2D eigenvalue weighted by Gasteiger charge is 2.29. The van der Waals surface area contributed by atoms with Gasteiger partial charge in [-0.15, -0.1) is 10.2 Å². The lowest BCUT2D eigenvalue weighted by atomic mass is 9.98. The fourth-order valence-electron chi connectivity index (χ4n) is 3.50. The molecule has 0 radical (unpaired) electrons. The zero-order valence-corrected chi connectivity index (χ0v) is 16.2. The average molecular weight is 375 g/mol. The van der Waals surface area contributed by atoms with Gasteiger partial charge in [-0.05, 0) is 45.2 Å². The molecule has 2 aromatic rings. The van der Waals surface area contributed by atoms with Gasteiger partial charge in [0.25, 0.3) is 0 Å². The Morgan fingerprint density at radius 3 is 2.65 bits per heavy atom. The van der Waals surface area contributed by atoms with Gasteiger partial charge < -0.3 is 15.5 Å². The molecule has 1 aromatic carbocycles. The van der Waals surface area contributed by atoms with Gasteiger partial charge in [-0.3, -0.25) is 4.79 Å². The number of hydrogen-bond donors (Lipinski definition) is 1. The van der Waals surface area contributed by atoms with Gasteiger partial charge in [0.2, 0.25) is 11.1 Å². The molecule has 3 rings (SSSR count). The summed E-state index contributed by atoms with van der Waals surface area (Å²) in [6, 6.07) is 8.07. The molecule has 1 aromatic heterocycles. The molecule has 1 aliphatic rings. The Labute approximate surface area is 157 Å². The number of piperidine rings is 1. The normalized spacial score (nSPS) is 20.2. The molecule has 1 saturated heterocycles. The molecule has 0 unspecified atom stereocenters. The Morgan fingerprint density at radius 2 is 1.96 bits per heavy atom. The molecule has 26 heavy (non-hydrogen) atoms. The summed E-state index contributed by atoms with van der Waals surface area (Å²) in [7, 11) is 1.60. The molecular weight excluding hydrogens is 350 g/mol. The van der Waals surface area contributed by atoms with Crippen molar-refractivity contribution in [2.45, 2.75) is 50.4 Å². The van der Waals surface area contributed by atoms with Crippen molar-refractivity contribution in [2.24, 2.45) is 0 Å². The maximum absolute atomic E-state index is 12.7. The number of likely N-dealkylation sites (tertiary alicyclic amines) is 1. The summed E-state index contributed by atoms with van der Waals surface area (Å²) in [6.07, 6.45) is 3.30. The van der Waals surface area contributed by atoms with E-state index in [1.165, 1.54) is 22.9 Å². The van der Waals surface area contributed by atoms with Crippen LogP contribution in [-0.2, 0) is 4.79 Å². The molecule has 0 saturated carbocycles. The van der Waals surface area contributed by atoms with E-state index in [0.29, 0.717) is 22.5 Å². The minimum atomic E-state index is 0.122. The Bertz CT molecular complexity index is 769. The lowest BCUT2D eigenvalue weighted by Gasteiger charge is -2.39. The molecule has 0 bridgehead atoms. The van der Waals surface area contributed by atoms with Crippen molar-refractivity contribution < 1.29 is 9.53 Å². The topological polar surface area (TPSA) is 86.3 Å². The zero-order valence-electron chi connectivity index (χ0n) is 15.4. The monoisotopic (exact) mass is 375 g/mol. The number of nitrogen functional groups attached to an aromatic ring is 1. The number of ether oxygens (including phenoxy) is 1. The summed E-state index contributed by atoms with van der Waals surface area (Å²) in [6.45, 7) is 4.23. The first kappa shape index (κ1) is 18.6. The number of hydrogen-bond acceptors (Lipinski definition) is 6. The first-order valence-corrected chi connectivity index (χ1v) is 9.79. The number of thioether (sulfide) groups is 1. The predicted molar refractivity (Wildman–Crippen MR) is 103 cm³/mol. The molecular formula is C18H25N5O2S. The second-order valence-electron chi connectivity index (χ2n) is 6.60. The summed E-state index contributed by atoms with van der Waals surface area (Å²) in [5.74, 6) is 7.78. The third kappa shape index (κ3) is 3.65. The smallest absolute Gasteiger partial charge is 0.233 e. The number of aromatic nitrogens is 3. The van der Waals surface area contributed by atoms with Gasteiger partial charge in [0.05, 0.1) is 18.4 Å². The third-order valence-corrected chi connectivity index (χ3v) is 5.75. The predicted octanol–water partition coefficient (Wildman–Crippen LogP) is 2.55. The molecule has 0 aliphatic carbocycles. The highest BCUT2D eigenvalue weighted by molar-refractivity contribution is 7.99. The Kier molecular flexibility index (Phi) is 5.70. The molecule has 2 N–H and O–H groups in total. The van der Waals surface area contributed by atoms with E-state index in [0.717, 1.165) is 18.4 Å². The molecule has 8 heteroatoms. The van der Waals surface area contributed by atoms with Crippen LogP contribution in [0.5, 0.6) is 5.75 Å². The zero-order chi connectivity index (χ0) is 18.7. The number of amides is 1. The van der Waals surface area contributed by atoms with Crippen LogP contribution in [0.1, 0.15) is 33.1 Å². The summed E-state index contributed by atoms with van der Waals surface area (Å²) < 4.78 is 6.78. The molecule has 2 heterocycles. The van der Waals surface area contributed by atoms with E-state index in [-0.39, 0.29) is 18.0 Å². The quantitative estimate of drug-likeness (QED) is 0.638. The number of methoxy groups -OCH3 is 1. The molecule has 1 fully saturated rings. The molecule has 1 amide bonds. The third-order valence-electron chi connectivity index (χ3n) is 4.82. The number of benzene rings is 1. The Hall–Kier alpha value is -2.22. The van der Waals surface area contributed by atoms with E-state index in [4.69, 9.17) is 10.6 Å². The molecule has 1 aliphatic heterocycles.